The third kappa shape index (κ3) is 3.86. The predicted molar refractivity (Wildman–Crippen MR) is 142 cm³/mol. The predicted octanol–water partition coefficient (Wildman–Crippen LogP) is 3.77. The number of hydrogen-bond acceptors (Lipinski definition) is 7. The van der Waals surface area contributed by atoms with Gasteiger partial charge in [0.15, 0.2) is 11.2 Å². The summed E-state index contributed by atoms with van der Waals surface area (Å²) in [7, 11) is -1.74. The van der Waals surface area contributed by atoms with Crippen molar-refractivity contribution in [1.29, 1.82) is 0 Å². The summed E-state index contributed by atoms with van der Waals surface area (Å²) < 4.78 is 47.3. The third-order valence-electron chi connectivity index (χ3n) is 6.87. The van der Waals surface area contributed by atoms with Gasteiger partial charge in [0.2, 0.25) is 0 Å². The lowest BCUT2D eigenvalue weighted by molar-refractivity contribution is 0.146. The topological polar surface area (TPSA) is 107 Å². The summed E-state index contributed by atoms with van der Waals surface area (Å²) in [6, 6.07) is 10.4. The molecule has 1 saturated heterocycles. The maximum Gasteiger partial charge on any atom is 0.488 e. The van der Waals surface area contributed by atoms with Crippen molar-refractivity contribution in [1.82, 2.24) is 19.4 Å². The van der Waals surface area contributed by atoms with E-state index in [1.54, 1.807) is 12.1 Å². The van der Waals surface area contributed by atoms with E-state index in [0.29, 0.717) is 44.4 Å². The van der Waals surface area contributed by atoms with Crippen molar-refractivity contribution in [3.63, 3.8) is 0 Å². The fourth-order valence-electron chi connectivity index (χ4n) is 5.22. The summed E-state index contributed by atoms with van der Waals surface area (Å²) in [5, 5.41) is 1.80. The Morgan fingerprint density at radius 1 is 1.16 bits per heavy atom. The van der Waals surface area contributed by atoms with E-state index in [0.717, 1.165) is 30.2 Å². The minimum absolute atomic E-state index is 0.0801. The number of rotatable bonds is 5. The van der Waals surface area contributed by atoms with Crippen molar-refractivity contribution in [3.8, 4) is 35.0 Å². The smallest absolute Gasteiger partial charge is 0.488 e. The molecule has 0 radical (unpaired) electrons. The van der Waals surface area contributed by atoms with E-state index in [4.69, 9.17) is 11.2 Å². The van der Waals surface area contributed by atoms with Crippen LogP contribution >= 0.6 is 0 Å². The van der Waals surface area contributed by atoms with Crippen molar-refractivity contribution in [2.24, 2.45) is 0 Å². The largest absolute Gasteiger partial charge is 0.496 e. The first-order valence-corrected chi connectivity index (χ1v) is 12.9. The number of aromatic amines is 1. The maximum atomic E-state index is 13.9. The second-order valence-electron chi connectivity index (χ2n) is 9.28. The molecule has 9 nitrogen and oxygen atoms in total. The van der Waals surface area contributed by atoms with Crippen molar-refractivity contribution < 1.29 is 21.2 Å². The van der Waals surface area contributed by atoms with E-state index in [2.05, 4.69) is 29.5 Å². The summed E-state index contributed by atoms with van der Waals surface area (Å²) in [4.78, 5) is 23.5. The molecule has 2 aromatic carbocycles. The maximum absolute atomic E-state index is 13.9. The summed E-state index contributed by atoms with van der Waals surface area (Å²) in [6.45, 7) is 1.55. The zero-order chi connectivity index (χ0) is 26.8. The highest BCUT2D eigenvalue weighted by Gasteiger charge is 2.29. The van der Waals surface area contributed by atoms with Gasteiger partial charge in [-0.2, -0.15) is 8.42 Å². The molecule has 0 bridgehead atoms. The summed E-state index contributed by atoms with van der Waals surface area (Å²) in [5.41, 5.74) is 3.58. The molecule has 11 heteroatoms. The van der Waals surface area contributed by atoms with Crippen molar-refractivity contribution in [2.75, 3.05) is 27.2 Å². The van der Waals surface area contributed by atoms with Crippen LogP contribution in [0.3, 0.4) is 0 Å². The molecule has 192 valence electrons. The number of H-pyrrole nitrogens is 1. The van der Waals surface area contributed by atoms with Gasteiger partial charge in [-0.1, -0.05) is 15.9 Å². The number of pyridine rings is 2. The second kappa shape index (κ2) is 8.58. The highest BCUT2D eigenvalue weighted by molar-refractivity contribution is 7.81. The monoisotopic (exact) mass is 532 g/mol. The van der Waals surface area contributed by atoms with E-state index in [1.165, 1.54) is 19.4 Å². The first-order valence-electron chi connectivity index (χ1n) is 11.6. The molecular formula is C27H21FN4O5S. The Morgan fingerprint density at radius 2 is 1.95 bits per heavy atom. The second-order valence-corrected chi connectivity index (χ2v) is 10.2. The number of nitrogens with zero attached hydrogens (tertiary/aromatic N) is 3. The standard InChI is InChI=1S/C27H21FN4O5S/c1-4-15-5-6-19-22(7-15)30-27-25(19)26(33)21-10-24(36-3)20(9-23(21)32(27)17-13-31(2)14-17)16-8-18(12-29-11-16)37-38(28,34)35/h1,5-12,17,30H,13-14H2,2-3H3. The molecule has 1 fully saturated rings. The summed E-state index contributed by atoms with van der Waals surface area (Å²) in [5.74, 6) is 2.70. The van der Waals surface area contributed by atoms with E-state index in [-0.39, 0.29) is 17.2 Å². The van der Waals surface area contributed by atoms with Gasteiger partial charge < -0.3 is 23.4 Å². The lowest BCUT2D eigenvalue weighted by Crippen LogP contribution is -2.45. The van der Waals surface area contributed by atoms with Crippen molar-refractivity contribution in [2.45, 2.75) is 6.04 Å². The molecule has 0 unspecified atom stereocenters. The van der Waals surface area contributed by atoms with Gasteiger partial charge in [-0.15, -0.1) is 6.42 Å². The van der Waals surface area contributed by atoms with Crippen LogP contribution in [0.4, 0.5) is 3.89 Å². The van der Waals surface area contributed by atoms with Gasteiger partial charge in [0.1, 0.15) is 11.4 Å². The zero-order valence-electron chi connectivity index (χ0n) is 20.4. The van der Waals surface area contributed by atoms with Gasteiger partial charge in [0.25, 0.3) is 0 Å². The first kappa shape index (κ1) is 24.0. The highest BCUT2D eigenvalue weighted by Crippen LogP contribution is 2.38. The Hall–Kier alpha value is -4.40. The van der Waals surface area contributed by atoms with Crippen LogP contribution in [0.2, 0.25) is 0 Å². The molecular weight excluding hydrogens is 511 g/mol. The lowest BCUT2D eigenvalue weighted by Gasteiger charge is -2.39. The lowest BCUT2D eigenvalue weighted by atomic mass is 10.00. The SMILES string of the molecule is C#Cc1ccc2c(c1)[nH]c1c2c(=O)c2cc(OC)c(-c3cncc(OS(=O)(=O)F)c3)cc2n1C1CN(C)C1. The Labute approximate surface area is 216 Å². The molecule has 1 aliphatic heterocycles. The van der Waals surface area contributed by atoms with Crippen LogP contribution in [0.25, 0.3) is 44.0 Å². The molecule has 0 amide bonds. The quantitative estimate of drug-likeness (QED) is 0.271. The molecule has 1 aliphatic rings. The van der Waals surface area contributed by atoms with Gasteiger partial charge in [-0.3, -0.25) is 9.78 Å². The Bertz CT molecular complexity index is 1990. The number of methoxy groups -OCH3 is 1. The first-order chi connectivity index (χ1) is 18.2. The Morgan fingerprint density at radius 3 is 2.63 bits per heavy atom. The number of ether oxygens (including phenoxy) is 1. The van der Waals surface area contributed by atoms with Crippen LogP contribution < -0.4 is 14.3 Å². The molecule has 0 spiro atoms. The van der Waals surface area contributed by atoms with Crippen LogP contribution in [0.5, 0.6) is 11.5 Å². The van der Waals surface area contributed by atoms with E-state index < -0.39 is 10.5 Å². The molecule has 3 aromatic heterocycles. The van der Waals surface area contributed by atoms with Crippen LogP contribution in [-0.2, 0) is 10.5 Å². The van der Waals surface area contributed by atoms with Crippen LogP contribution in [0.1, 0.15) is 11.6 Å². The number of hydrogen-bond donors (Lipinski definition) is 1. The molecule has 0 aliphatic carbocycles. The van der Waals surface area contributed by atoms with Gasteiger partial charge in [-0.25, -0.2) is 0 Å². The average Bonchev–Trinajstić information content (AvgIpc) is 3.24. The number of fused-ring (bicyclic) bond motifs is 4. The van der Waals surface area contributed by atoms with Crippen molar-refractivity contribution >= 4 is 43.3 Å². The number of halogens is 1. The van der Waals surface area contributed by atoms with E-state index >= 15 is 0 Å². The summed E-state index contributed by atoms with van der Waals surface area (Å²) in [6.07, 6.45) is 8.17. The molecule has 0 saturated carbocycles. The fraction of sp³-hybridized carbons (Fsp3) is 0.185. The van der Waals surface area contributed by atoms with Crippen LogP contribution in [0.15, 0.2) is 53.6 Å². The number of likely N-dealkylation sites (tertiary alicyclic amines) is 1. The molecule has 1 N–H and O–H groups in total. The number of terminal acetylenes is 1. The fourth-order valence-corrected chi connectivity index (χ4v) is 5.54. The van der Waals surface area contributed by atoms with Crippen LogP contribution in [0, 0.1) is 12.3 Å². The zero-order valence-corrected chi connectivity index (χ0v) is 21.2. The van der Waals surface area contributed by atoms with Gasteiger partial charge in [0, 0.05) is 46.9 Å². The minimum Gasteiger partial charge on any atom is -0.496 e. The number of nitrogens with one attached hydrogen (secondary N) is 1. The number of benzene rings is 2. The molecule has 38 heavy (non-hydrogen) atoms. The normalized spacial score (nSPS) is 14.6. The van der Waals surface area contributed by atoms with Gasteiger partial charge >= 0.3 is 10.5 Å². The average molecular weight is 533 g/mol. The Kier molecular flexibility index (Phi) is 5.41. The molecule has 5 aromatic rings. The Balaban J connectivity index is 1.68. The van der Waals surface area contributed by atoms with Gasteiger partial charge in [0.05, 0.1) is 35.6 Å². The molecule has 6 rings (SSSR count). The van der Waals surface area contributed by atoms with Crippen molar-refractivity contribution in [3.05, 3.63) is 64.6 Å². The molecule has 0 atom stereocenters. The number of aromatic nitrogens is 3. The third-order valence-corrected chi connectivity index (χ3v) is 7.26. The van der Waals surface area contributed by atoms with Crippen LogP contribution in [-0.4, -0.2) is 55.1 Å². The van der Waals surface area contributed by atoms with E-state index in [9.17, 15) is 17.1 Å². The highest BCUT2D eigenvalue weighted by atomic mass is 32.3. The summed E-state index contributed by atoms with van der Waals surface area (Å²) >= 11 is 0. The number of likely N-dealkylation sites (N-methyl/N-ethyl adjacent to an activating group) is 1. The van der Waals surface area contributed by atoms with Gasteiger partial charge in [-0.05, 0) is 37.4 Å². The minimum atomic E-state index is -5.23. The van der Waals surface area contributed by atoms with E-state index in [1.807, 2.05) is 25.2 Å². The molecule has 4 heterocycles.